The fourth-order valence-corrected chi connectivity index (χ4v) is 1.50. The Morgan fingerprint density at radius 2 is 1.88 bits per heavy atom. The fourth-order valence-electron chi connectivity index (χ4n) is 1.50. The standard InChI is InChI=1S/C11H11FN4O/c1-17-7-5-3-2-4-6(7)9-8(12)10(13)16-11(14)15-9/h2-5H,1H3,(H4,13,14,15,16). The van der Waals surface area contributed by atoms with Crippen molar-refractivity contribution in [2.24, 2.45) is 0 Å². The number of ether oxygens (including phenoxy) is 1. The van der Waals surface area contributed by atoms with Gasteiger partial charge in [-0.05, 0) is 12.1 Å². The van der Waals surface area contributed by atoms with Gasteiger partial charge in [0.1, 0.15) is 11.4 Å². The minimum Gasteiger partial charge on any atom is -0.496 e. The molecular formula is C11H11FN4O. The third-order valence-corrected chi connectivity index (χ3v) is 2.26. The van der Waals surface area contributed by atoms with Crippen LogP contribution in [-0.4, -0.2) is 17.1 Å². The summed E-state index contributed by atoms with van der Waals surface area (Å²) < 4.78 is 18.9. The first-order valence-electron chi connectivity index (χ1n) is 4.85. The van der Waals surface area contributed by atoms with Gasteiger partial charge in [0.25, 0.3) is 0 Å². The number of anilines is 2. The molecule has 0 radical (unpaired) electrons. The lowest BCUT2D eigenvalue weighted by atomic mass is 10.1. The van der Waals surface area contributed by atoms with Gasteiger partial charge in [-0.2, -0.15) is 4.98 Å². The first kappa shape index (κ1) is 11.1. The van der Waals surface area contributed by atoms with E-state index < -0.39 is 5.82 Å². The number of benzene rings is 1. The van der Waals surface area contributed by atoms with Crippen LogP contribution in [0.4, 0.5) is 16.2 Å². The summed E-state index contributed by atoms with van der Waals surface area (Å²) in [4.78, 5) is 7.39. The highest BCUT2D eigenvalue weighted by Crippen LogP contribution is 2.31. The van der Waals surface area contributed by atoms with Crippen molar-refractivity contribution in [3.8, 4) is 17.0 Å². The van der Waals surface area contributed by atoms with Crippen LogP contribution in [0.25, 0.3) is 11.3 Å². The van der Waals surface area contributed by atoms with Gasteiger partial charge < -0.3 is 16.2 Å². The van der Waals surface area contributed by atoms with Gasteiger partial charge in [-0.15, -0.1) is 0 Å². The molecule has 4 N–H and O–H groups in total. The number of para-hydroxylation sites is 1. The van der Waals surface area contributed by atoms with E-state index in [1.807, 2.05) is 0 Å². The van der Waals surface area contributed by atoms with Crippen LogP contribution in [0.3, 0.4) is 0 Å². The van der Waals surface area contributed by atoms with Crippen molar-refractivity contribution in [3.05, 3.63) is 30.1 Å². The highest BCUT2D eigenvalue weighted by molar-refractivity contribution is 5.70. The molecule has 2 rings (SSSR count). The number of nitrogen functional groups attached to an aromatic ring is 2. The van der Waals surface area contributed by atoms with Crippen LogP contribution >= 0.6 is 0 Å². The minimum absolute atomic E-state index is 0.0347. The third kappa shape index (κ3) is 1.96. The summed E-state index contributed by atoms with van der Waals surface area (Å²) in [6.45, 7) is 0. The average Bonchev–Trinajstić information content (AvgIpc) is 2.33. The predicted octanol–water partition coefficient (Wildman–Crippen LogP) is 1.46. The number of rotatable bonds is 2. The Bertz CT molecular complexity index is 559. The van der Waals surface area contributed by atoms with Crippen LogP contribution in [0.5, 0.6) is 5.75 Å². The molecule has 0 spiro atoms. The number of methoxy groups -OCH3 is 1. The molecule has 0 saturated heterocycles. The van der Waals surface area contributed by atoms with E-state index >= 15 is 0 Å². The molecular weight excluding hydrogens is 223 g/mol. The van der Waals surface area contributed by atoms with E-state index in [2.05, 4.69) is 9.97 Å². The maximum atomic E-state index is 13.8. The molecule has 1 heterocycles. The molecule has 0 bridgehead atoms. The Morgan fingerprint density at radius 1 is 1.18 bits per heavy atom. The molecule has 6 heteroatoms. The molecule has 1 aromatic heterocycles. The van der Waals surface area contributed by atoms with Gasteiger partial charge in [-0.3, -0.25) is 0 Å². The predicted molar refractivity (Wildman–Crippen MR) is 62.8 cm³/mol. The summed E-state index contributed by atoms with van der Waals surface area (Å²) in [6, 6.07) is 6.88. The molecule has 88 valence electrons. The monoisotopic (exact) mass is 234 g/mol. The maximum absolute atomic E-state index is 13.8. The largest absolute Gasteiger partial charge is 0.496 e. The second-order valence-corrected chi connectivity index (χ2v) is 3.33. The van der Waals surface area contributed by atoms with E-state index in [0.717, 1.165) is 0 Å². The Kier molecular flexibility index (Phi) is 2.78. The zero-order chi connectivity index (χ0) is 12.4. The molecule has 17 heavy (non-hydrogen) atoms. The van der Waals surface area contributed by atoms with Crippen LogP contribution in [0.1, 0.15) is 0 Å². The van der Waals surface area contributed by atoms with Crippen LogP contribution in [0, 0.1) is 5.82 Å². The number of halogens is 1. The molecule has 0 aliphatic rings. The van der Waals surface area contributed by atoms with Crippen molar-refractivity contribution in [1.82, 2.24) is 9.97 Å². The highest BCUT2D eigenvalue weighted by atomic mass is 19.1. The Balaban J connectivity index is 2.68. The van der Waals surface area contributed by atoms with Gasteiger partial charge in [0.05, 0.1) is 7.11 Å². The number of hydrogen-bond acceptors (Lipinski definition) is 5. The van der Waals surface area contributed by atoms with Crippen LogP contribution in [0.2, 0.25) is 0 Å². The van der Waals surface area contributed by atoms with Crippen LogP contribution in [0.15, 0.2) is 24.3 Å². The Morgan fingerprint density at radius 3 is 2.59 bits per heavy atom. The summed E-state index contributed by atoms with van der Waals surface area (Å²) >= 11 is 0. The first-order valence-corrected chi connectivity index (χ1v) is 4.85. The van der Waals surface area contributed by atoms with Crippen molar-refractivity contribution >= 4 is 11.8 Å². The molecule has 1 aromatic carbocycles. The van der Waals surface area contributed by atoms with Crippen molar-refractivity contribution in [3.63, 3.8) is 0 Å². The summed E-state index contributed by atoms with van der Waals surface area (Å²) in [5.74, 6) is -0.573. The molecule has 2 aromatic rings. The number of hydrogen-bond donors (Lipinski definition) is 2. The molecule has 0 unspecified atom stereocenters. The minimum atomic E-state index is -0.705. The van der Waals surface area contributed by atoms with Gasteiger partial charge in [0, 0.05) is 5.56 Å². The number of nitrogens with two attached hydrogens (primary N) is 2. The third-order valence-electron chi connectivity index (χ3n) is 2.26. The zero-order valence-corrected chi connectivity index (χ0v) is 9.14. The SMILES string of the molecule is COc1ccccc1-c1nc(N)nc(N)c1F. The number of nitrogens with zero attached hydrogens (tertiary/aromatic N) is 2. The average molecular weight is 234 g/mol. The molecule has 0 atom stereocenters. The molecule has 0 fully saturated rings. The summed E-state index contributed by atoms with van der Waals surface area (Å²) in [7, 11) is 1.49. The fraction of sp³-hybridized carbons (Fsp3) is 0.0909. The lowest BCUT2D eigenvalue weighted by Crippen LogP contribution is -2.05. The quantitative estimate of drug-likeness (QED) is 0.821. The van der Waals surface area contributed by atoms with Crippen LogP contribution in [-0.2, 0) is 0 Å². The molecule has 0 saturated carbocycles. The topological polar surface area (TPSA) is 87.0 Å². The molecule has 0 amide bonds. The van der Waals surface area contributed by atoms with Gasteiger partial charge >= 0.3 is 0 Å². The zero-order valence-electron chi connectivity index (χ0n) is 9.14. The maximum Gasteiger partial charge on any atom is 0.222 e. The van der Waals surface area contributed by atoms with Gasteiger partial charge in [-0.1, -0.05) is 12.1 Å². The molecule has 0 aliphatic carbocycles. The van der Waals surface area contributed by atoms with E-state index in [4.69, 9.17) is 16.2 Å². The summed E-state index contributed by atoms with van der Waals surface area (Å²) in [6.07, 6.45) is 0. The lowest BCUT2D eigenvalue weighted by molar-refractivity contribution is 0.416. The second kappa shape index (κ2) is 4.25. The Hall–Kier alpha value is -2.37. The number of aromatic nitrogens is 2. The van der Waals surface area contributed by atoms with Gasteiger partial charge in [-0.25, -0.2) is 9.37 Å². The van der Waals surface area contributed by atoms with E-state index in [-0.39, 0.29) is 17.5 Å². The van der Waals surface area contributed by atoms with Gasteiger partial charge in [0.15, 0.2) is 11.6 Å². The van der Waals surface area contributed by atoms with E-state index in [0.29, 0.717) is 11.3 Å². The van der Waals surface area contributed by atoms with Crippen molar-refractivity contribution in [2.45, 2.75) is 0 Å². The van der Waals surface area contributed by atoms with Crippen LogP contribution < -0.4 is 16.2 Å². The van der Waals surface area contributed by atoms with Crippen molar-refractivity contribution < 1.29 is 9.13 Å². The van der Waals surface area contributed by atoms with E-state index in [1.54, 1.807) is 24.3 Å². The summed E-state index contributed by atoms with van der Waals surface area (Å²) in [5, 5.41) is 0. The highest BCUT2D eigenvalue weighted by Gasteiger charge is 2.16. The van der Waals surface area contributed by atoms with Gasteiger partial charge in [0.2, 0.25) is 5.95 Å². The van der Waals surface area contributed by atoms with Crippen molar-refractivity contribution in [2.75, 3.05) is 18.6 Å². The van der Waals surface area contributed by atoms with E-state index in [9.17, 15) is 4.39 Å². The lowest BCUT2D eigenvalue weighted by Gasteiger charge is -2.09. The normalized spacial score (nSPS) is 10.2. The molecule has 5 nitrogen and oxygen atoms in total. The smallest absolute Gasteiger partial charge is 0.222 e. The summed E-state index contributed by atoms with van der Waals surface area (Å²) in [5.41, 5.74) is 11.4. The Labute approximate surface area is 97.3 Å². The van der Waals surface area contributed by atoms with Crippen molar-refractivity contribution in [1.29, 1.82) is 0 Å². The molecule has 0 aliphatic heterocycles. The second-order valence-electron chi connectivity index (χ2n) is 3.33. The van der Waals surface area contributed by atoms with E-state index in [1.165, 1.54) is 7.11 Å². The first-order chi connectivity index (χ1) is 8.13.